The molecule has 2 aromatic rings. The Kier molecular flexibility index (Phi) is 5.19. The van der Waals surface area contributed by atoms with Gasteiger partial charge in [0.1, 0.15) is 12.3 Å². The van der Waals surface area contributed by atoms with E-state index in [0.29, 0.717) is 19.5 Å². The van der Waals surface area contributed by atoms with Gasteiger partial charge in [-0.15, -0.1) is 0 Å². The number of nitrogens with zero attached hydrogens (tertiary/aromatic N) is 3. The summed E-state index contributed by atoms with van der Waals surface area (Å²) in [5.74, 6) is 0.871. The minimum Gasteiger partial charge on any atom is -0.497 e. The van der Waals surface area contributed by atoms with Crippen LogP contribution in [0.25, 0.3) is 0 Å². The number of benzene rings is 2. The minimum absolute atomic E-state index is 0.00958. The van der Waals surface area contributed by atoms with Crippen LogP contribution in [0.4, 0.5) is 11.4 Å². The number of aryl methyl sites for hydroxylation is 1. The molecular formula is C22H25N3O3. The molecule has 146 valence electrons. The number of carbonyl (C=O) groups excluding carboxylic acids is 2. The van der Waals surface area contributed by atoms with Crippen LogP contribution in [0.3, 0.4) is 0 Å². The lowest BCUT2D eigenvalue weighted by Crippen LogP contribution is -2.52. The number of anilines is 2. The minimum atomic E-state index is 0.00958. The fraction of sp³-hybridized carbons (Fsp3) is 0.364. The molecule has 0 aromatic heterocycles. The van der Waals surface area contributed by atoms with E-state index in [0.717, 1.165) is 42.2 Å². The fourth-order valence-electron chi connectivity index (χ4n) is 3.93. The summed E-state index contributed by atoms with van der Waals surface area (Å²) in [5.41, 5.74) is 3.12. The van der Waals surface area contributed by atoms with Crippen LogP contribution in [0.15, 0.2) is 48.5 Å². The Labute approximate surface area is 165 Å². The van der Waals surface area contributed by atoms with Gasteiger partial charge in [-0.3, -0.25) is 9.59 Å². The van der Waals surface area contributed by atoms with Crippen molar-refractivity contribution >= 4 is 23.2 Å². The molecule has 4 rings (SSSR count). The Morgan fingerprint density at radius 3 is 2.57 bits per heavy atom. The van der Waals surface area contributed by atoms with Crippen molar-refractivity contribution in [3.63, 3.8) is 0 Å². The zero-order valence-electron chi connectivity index (χ0n) is 16.1. The SMILES string of the molecule is COc1cccc(N2CCN(C(=O)CN3C(=O)CCc4ccccc43)CC2)c1. The Bertz CT molecular complexity index is 875. The number of amides is 2. The molecule has 0 aliphatic carbocycles. The van der Waals surface area contributed by atoms with Gasteiger partial charge in [0.2, 0.25) is 11.8 Å². The van der Waals surface area contributed by atoms with Gasteiger partial charge in [0.25, 0.3) is 0 Å². The first-order valence-corrected chi connectivity index (χ1v) is 9.71. The Hall–Kier alpha value is -3.02. The largest absolute Gasteiger partial charge is 0.497 e. The zero-order valence-corrected chi connectivity index (χ0v) is 16.1. The van der Waals surface area contributed by atoms with Gasteiger partial charge in [-0.25, -0.2) is 0 Å². The van der Waals surface area contributed by atoms with E-state index in [-0.39, 0.29) is 18.4 Å². The average Bonchev–Trinajstić information content (AvgIpc) is 2.76. The molecular weight excluding hydrogens is 354 g/mol. The summed E-state index contributed by atoms with van der Waals surface area (Å²) in [6, 6.07) is 15.8. The van der Waals surface area contributed by atoms with Gasteiger partial charge >= 0.3 is 0 Å². The standard InChI is InChI=1S/C22H25N3O3/c1-28-19-7-4-6-18(15-19)23-11-13-24(14-12-23)22(27)16-25-20-8-3-2-5-17(20)9-10-21(25)26/h2-8,15H,9-14,16H2,1H3. The van der Waals surface area contributed by atoms with Gasteiger partial charge in [-0.2, -0.15) is 0 Å². The van der Waals surface area contributed by atoms with Gasteiger partial charge in [0.15, 0.2) is 0 Å². The molecule has 6 heteroatoms. The van der Waals surface area contributed by atoms with E-state index in [4.69, 9.17) is 4.74 Å². The number of para-hydroxylation sites is 1. The maximum atomic E-state index is 12.9. The van der Waals surface area contributed by atoms with Crippen LogP contribution in [0.1, 0.15) is 12.0 Å². The van der Waals surface area contributed by atoms with E-state index in [9.17, 15) is 9.59 Å². The second kappa shape index (κ2) is 7.92. The maximum Gasteiger partial charge on any atom is 0.242 e. The van der Waals surface area contributed by atoms with Crippen molar-refractivity contribution in [3.8, 4) is 5.75 Å². The molecule has 2 heterocycles. The molecule has 28 heavy (non-hydrogen) atoms. The fourth-order valence-corrected chi connectivity index (χ4v) is 3.93. The van der Waals surface area contributed by atoms with Crippen molar-refractivity contribution in [1.82, 2.24) is 4.90 Å². The molecule has 2 aliphatic rings. The summed E-state index contributed by atoms with van der Waals surface area (Å²) in [7, 11) is 1.66. The van der Waals surface area contributed by atoms with Gasteiger partial charge in [-0.05, 0) is 30.2 Å². The number of hydrogen-bond donors (Lipinski definition) is 0. The van der Waals surface area contributed by atoms with Crippen molar-refractivity contribution in [2.45, 2.75) is 12.8 Å². The molecule has 0 N–H and O–H groups in total. The van der Waals surface area contributed by atoms with Gasteiger partial charge in [0, 0.05) is 50.0 Å². The van der Waals surface area contributed by atoms with Crippen LogP contribution in [0.2, 0.25) is 0 Å². The first-order valence-electron chi connectivity index (χ1n) is 9.71. The smallest absolute Gasteiger partial charge is 0.242 e. The molecule has 1 fully saturated rings. The number of rotatable bonds is 4. The van der Waals surface area contributed by atoms with E-state index in [1.165, 1.54) is 0 Å². The van der Waals surface area contributed by atoms with Gasteiger partial charge in [0.05, 0.1) is 7.11 Å². The lowest BCUT2D eigenvalue weighted by Gasteiger charge is -2.37. The summed E-state index contributed by atoms with van der Waals surface area (Å²) in [6.07, 6.45) is 1.22. The molecule has 2 aromatic carbocycles. The van der Waals surface area contributed by atoms with E-state index < -0.39 is 0 Å². The molecule has 0 spiro atoms. The number of methoxy groups -OCH3 is 1. The number of carbonyl (C=O) groups is 2. The third kappa shape index (κ3) is 3.67. The first-order chi connectivity index (χ1) is 13.7. The summed E-state index contributed by atoms with van der Waals surface area (Å²) < 4.78 is 5.30. The van der Waals surface area contributed by atoms with Crippen LogP contribution in [0, 0.1) is 0 Å². The lowest BCUT2D eigenvalue weighted by molar-refractivity contribution is -0.131. The average molecular weight is 379 g/mol. The molecule has 0 atom stereocenters. The Morgan fingerprint density at radius 1 is 1.00 bits per heavy atom. The quantitative estimate of drug-likeness (QED) is 0.818. The Morgan fingerprint density at radius 2 is 1.79 bits per heavy atom. The number of fused-ring (bicyclic) bond motifs is 1. The highest BCUT2D eigenvalue weighted by molar-refractivity contribution is 6.01. The normalized spacial score (nSPS) is 16.8. The van der Waals surface area contributed by atoms with Crippen molar-refractivity contribution in [2.24, 2.45) is 0 Å². The van der Waals surface area contributed by atoms with Crippen molar-refractivity contribution in [3.05, 3.63) is 54.1 Å². The van der Waals surface area contributed by atoms with Gasteiger partial charge < -0.3 is 19.4 Å². The molecule has 0 radical (unpaired) electrons. The Balaban J connectivity index is 1.39. The van der Waals surface area contributed by atoms with Crippen molar-refractivity contribution in [1.29, 1.82) is 0 Å². The number of piperazine rings is 1. The molecule has 2 amide bonds. The second-order valence-electron chi connectivity index (χ2n) is 7.18. The third-order valence-corrected chi connectivity index (χ3v) is 5.54. The van der Waals surface area contributed by atoms with Crippen LogP contribution in [0.5, 0.6) is 5.75 Å². The van der Waals surface area contributed by atoms with Crippen molar-refractivity contribution in [2.75, 3.05) is 49.6 Å². The predicted molar refractivity (Wildman–Crippen MR) is 109 cm³/mol. The predicted octanol–water partition coefficient (Wildman–Crippen LogP) is 2.32. The molecule has 2 aliphatic heterocycles. The van der Waals surface area contributed by atoms with Crippen LogP contribution < -0.4 is 14.5 Å². The monoisotopic (exact) mass is 379 g/mol. The second-order valence-corrected chi connectivity index (χ2v) is 7.18. The summed E-state index contributed by atoms with van der Waals surface area (Å²) in [5, 5.41) is 0. The summed E-state index contributed by atoms with van der Waals surface area (Å²) in [4.78, 5) is 31.0. The molecule has 0 unspecified atom stereocenters. The van der Waals surface area contributed by atoms with E-state index in [1.54, 1.807) is 12.0 Å². The lowest BCUT2D eigenvalue weighted by atomic mass is 10.0. The van der Waals surface area contributed by atoms with Crippen molar-refractivity contribution < 1.29 is 14.3 Å². The van der Waals surface area contributed by atoms with Crippen LogP contribution >= 0.6 is 0 Å². The summed E-state index contributed by atoms with van der Waals surface area (Å²) >= 11 is 0. The zero-order chi connectivity index (χ0) is 19.5. The summed E-state index contributed by atoms with van der Waals surface area (Å²) in [6.45, 7) is 2.96. The molecule has 1 saturated heterocycles. The van der Waals surface area contributed by atoms with E-state index >= 15 is 0 Å². The van der Waals surface area contributed by atoms with E-state index in [1.807, 2.05) is 47.4 Å². The number of hydrogen-bond acceptors (Lipinski definition) is 4. The highest BCUT2D eigenvalue weighted by Crippen LogP contribution is 2.27. The maximum absolute atomic E-state index is 12.9. The van der Waals surface area contributed by atoms with Crippen LogP contribution in [-0.4, -0.2) is 56.5 Å². The van der Waals surface area contributed by atoms with Crippen LogP contribution in [-0.2, 0) is 16.0 Å². The topological polar surface area (TPSA) is 53.1 Å². The van der Waals surface area contributed by atoms with E-state index in [2.05, 4.69) is 11.0 Å². The van der Waals surface area contributed by atoms with Gasteiger partial charge in [-0.1, -0.05) is 24.3 Å². The first kappa shape index (κ1) is 18.3. The highest BCUT2D eigenvalue weighted by atomic mass is 16.5. The molecule has 6 nitrogen and oxygen atoms in total. The molecule has 0 bridgehead atoms. The number of ether oxygens (including phenoxy) is 1. The highest BCUT2D eigenvalue weighted by Gasteiger charge is 2.29. The third-order valence-electron chi connectivity index (χ3n) is 5.54. The molecule has 0 saturated carbocycles.